The van der Waals surface area contributed by atoms with Crippen LogP contribution in [0.4, 0.5) is 10.5 Å². The first-order valence-corrected chi connectivity index (χ1v) is 10.0. The van der Waals surface area contributed by atoms with Crippen molar-refractivity contribution in [2.45, 2.75) is 46.1 Å². The standard InChI is InChI=1S/C24H27N3O/c1-17-15-20(18(2)27(17)21-11-4-3-5-12-21)16-25-24(28)26-23-14-8-10-19-9-6-7-13-22(19)23/h3-5,8,10-12,14-15H,6-7,9,13,16H2,1-2H3,(H2,25,26,28). The van der Waals surface area contributed by atoms with Crippen LogP contribution in [0.3, 0.4) is 0 Å². The molecule has 0 atom stereocenters. The lowest BCUT2D eigenvalue weighted by Crippen LogP contribution is -2.29. The molecule has 0 bridgehead atoms. The Hall–Kier alpha value is -3.01. The molecular formula is C24H27N3O. The summed E-state index contributed by atoms with van der Waals surface area (Å²) in [5.74, 6) is 0. The van der Waals surface area contributed by atoms with E-state index in [-0.39, 0.29) is 6.03 Å². The Kier molecular flexibility index (Phi) is 5.20. The van der Waals surface area contributed by atoms with Crippen LogP contribution in [0, 0.1) is 13.8 Å². The molecule has 0 radical (unpaired) electrons. The fraction of sp³-hybridized carbons (Fsp3) is 0.292. The lowest BCUT2D eigenvalue weighted by atomic mass is 9.90. The summed E-state index contributed by atoms with van der Waals surface area (Å²) in [7, 11) is 0. The van der Waals surface area contributed by atoms with Crippen molar-refractivity contribution >= 4 is 11.7 Å². The third-order valence-electron chi connectivity index (χ3n) is 5.63. The summed E-state index contributed by atoms with van der Waals surface area (Å²) in [4.78, 5) is 12.5. The van der Waals surface area contributed by atoms with Crippen LogP contribution < -0.4 is 10.6 Å². The normalized spacial score (nSPS) is 13.1. The molecule has 0 spiro atoms. The first-order chi connectivity index (χ1) is 13.6. The highest BCUT2D eigenvalue weighted by molar-refractivity contribution is 5.90. The molecule has 4 heteroatoms. The Morgan fingerprint density at radius 1 is 1.00 bits per heavy atom. The van der Waals surface area contributed by atoms with Gasteiger partial charge in [0.15, 0.2) is 0 Å². The van der Waals surface area contributed by atoms with Crippen LogP contribution in [0.25, 0.3) is 5.69 Å². The van der Waals surface area contributed by atoms with Gasteiger partial charge in [-0.15, -0.1) is 0 Å². The van der Waals surface area contributed by atoms with Gasteiger partial charge in [0.1, 0.15) is 0 Å². The number of rotatable bonds is 4. The molecule has 2 N–H and O–H groups in total. The van der Waals surface area contributed by atoms with Gasteiger partial charge in [0.25, 0.3) is 0 Å². The molecule has 0 saturated carbocycles. The number of para-hydroxylation sites is 1. The van der Waals surface area contributed by atoms with E-state index in [9.17, 15) is 4.79 Å². The van der Waals surface area contributed by atoms with E-state index in [1.54, 1.807) is 0 Å². The summed E-state index contributed by atoms with van der Waals surface area (Å²) in [5.41, 5.74) is 8.21. The Labute approximate surface area is 166 Å². The second-order valence-electron chi connectivity index (χ2n) is 7.53. The summed E-state index contributed by atoms with van der Waals surface area (Å²) in [6, 6.07) is 18.5. The van der Waals surface area contributed by atoms with Gasteiger partial charge in [-0.3, -0.25) is 0 Å². The number of urea groups is 1. The molecule has 2 amide bonds. The van der Waals surface area contributed by atoms with Gasteiger partial charge in [-0.1, -0.05) is 30.3 Å². The van der Waals surface area contributed by atoms with E-state index in [4.69, 9.17) is 0 Å². The monoisotopic (exact) mass is 373 g/mol. The van der Waals surface area contributed by atoms with Gasteiger partial charge in [-0.25, -0.2) is 4.79 Å². The van der Waals surface area contributed by atoms with E-state index in [1.165, 1.54) is 24.0 Å². The molecule has 4 nitrogen and oxygen atoms in total. The molecule has 0 fully saturated rings. The molecular weight excluding hydrogens is 346 g/mol. The lowest BCUT2D eigenvalue weighted by Gasteiger charge is -2.19. The van der Waals surface area contributed by atoms with Gasteiger partial charge in [0.2, 0.25) is 0 Å². The summed E-state index contributed by atoms with van der Waals surface area (Å²) in [5, 5.41) is 6.08. The summed E-state index contributed by atoms with van der Waals surface area (Å²) in [6.07, 6.45) is 4.58. The first-order valence-electron chi connectivity index (χ1n) is 10.0. The smallest absolute Gasteiger partial charge is 0.319 e. The second kappa shape index (κ2) is 7.93. The van der Waals surface area contributed by atoms with E-state index in [1.807, 2.05) is 30.3 Å². The van der Waals surface area contributed by atoms with Crippen molar-refractivity contribution in [3.63, 3.8) is 0 Å². The van der Waals surface area contributed by atoms with Crippen LogP contribution in [0.15, 0.2) is 54.6 Å². The Morgan fingerprint density at radius 3 is 2.61 bits per heavy atom. The van der Waals surface area contributed by atoms with E-state index < -0.39 is 0 Å². The molecule has 3 aromatic rings. The number of aryl methyl sites for hydroxylation is 2. The van der Waals surface area contributed by atoms with E-state index in [2.05, 4.69) is 53.3 Å². The minimum atomic E-state index is -0.150. The topological polar surface area (TPSA) is 46.1 Å². The van der Waals surface area contributed by atoms with Crippen molar-refractivity contribution in [2.75, 3.05) is 5.32 Å². The predicted molar refractivity (Wildman–Crippen MR) is 114 cm³/mol. The second-order valence-corrected chi connectivity index (χ2v) is 7.53. The number of nitrogens with one attached hydrogen (secondary N) is 2. The fourth-order valence-electron chi connectivity index (χ4n) is 4.22. The lowest BCUT2D eigenvalue weighted by molar-refractivity contribution is 0.251. The van der Waals surface area contributed by atoms with Crippen molar-refractivity contribution < 1.29 is 4.79 Å². The van der Waals surface area contributed by atoms with Crippen LogP contribution in [0.5, 0.6) is 0 Å². The van der Waals surface area contributed by atoms with Gasteiger partial charge in [-0.2, -0.15) is 0 Å². The number of carbonyl (C=O) groups excluding carboxylic acids is 1. The molecule has 1 heterocycles. The molecule has 0 unspecified atom stereocenters. The van der Waals surface area contributed by atoms with E-state index in [0.717, 1.165) is 41.2 Å². The molecule has 0 saturated heterocycles. The summed E-state index contributed by atoms with van der Waals surface area (Å²) < 4.78 is 2.22. The average molecular weight is 374 g/mol. The van der Waals surface area contributed by atoms with Gasteiger partial charge in [0.05, 0.1) is 0 Å². The SMILES string of the molecule is Cc1cc(CNC(=O)Nc2cccc3c2CCCC3)c(C)n1-c1ccccc1. The quantitative estimate of drug-likeness (QED) is 0.641. The van der Waals surface area contributed by atoms with Crippen LogP contribution in [-0.2, 0) is 19.4 Å². The highest BCUT2D eigenvalue weighted by atomic mass is 16.2. The van der Waals surface area contributed by atoms with E-state index >= 15 is 0 Å². The summed E-state index contributed by atoms with van der Waals surface area (Å²) in [6.45, 7) is 4.70. The summed E-state index contributed by atoms with van der Waals surface area (Å²) >= 11 is 0. The van der Waals surface area contributed by atoms with Gasteiger partial charge >= 0.3 is 6.03 Å². The number of fused-ring (bicyclic) bond motifs is 1. The molecule has 1 aliphatic rings. The zero-order chi connectivity index (χ0) is 19.5. The molecule has 144 valence electrons. The molecule has 0 aliphatic heterocycles. The zero-order valence-corrected chi connectivity index (χ0v) is 16.6. The highest BCUT2D eigenvalue weighted by Crippen LogP contribution is 2.28. The number of nitrogens with zero attached hydrogens (tertiary/aromatic N) is 1. The Balaban J connectivity index is 1.45. The third-order valence-corrected chi connectivity index (χ3v) is 5.63. The van der Waals surface area contributed by atoms with Crippen molar-refractivity contribution in [2.24, 2.45) is 0 Å². The Bertz CT molecular complexity index is 989. The Morgan fingerprint density at radius 2 is 1.79 bits per heavy atom. The molecule has 28 heavy (non-hydrogen) atoms. The largest absolute Gasteiger partial charge is 0.334 e. The predicted octanol–water partition coefficient (Wildman–Crippen LogP) is 5.29. The molecule has 2 aromatic carbocycles. The number of hydrogen-bond donors (Lipinski definition) is 2. The number of amides is 2. The maximum Gasteiger partial charge on any atom is 0.319 e. The number of hydrogen-bond acceptors (Lipinski definition) is 1. The van der Waals surface area contributed by atoms with Crippen molar-refractivity contribution in [1.82, 2.24) is 9.88 Å². The average Bonchev–Trinajstić information content (AvgIpc) is 3.00. The van der Waals surface area contributed by atoms with Crippen molar-refractivity contribution in [3.05, 3.63) is 82.7 Å². The highest BCUT2D eigenvalue weighted by Gasteiger charge is 2.15. The number of aromatic nitrogens is 1. The van der Waals surface area contributed by atoms with Gasteiger partial charge in [-0.05, 0) is 80.5 Å². The zero-order valence-electron chi connectivity index (χ0n) is 16.6. The minimum Gasteiger partial charge on any atom is -0.334 e. The van der Waals surface area contributed by atoms with Crippen LogP contribution in [-0.4, -0.2) is 10.6 Å². The van der Waals surface area contributed by atoms with Gasteiger partial charge in [0, 0.05) is 29.3 Å². The number of benzene rings is 2. The number of carbonyl (C=O) groups is 1. The van der Waals surface area contributed by atoms with E-state index in [0.29, 0.717) is 6.54 Å². The van der Waals surface area contributed by atoms with Crippen LogP contribution in [0.2, 0.25) is 0 Å². The molecule has 4 rings (SSSR count). The third kappa shape index (κ3) is 3.68. The number of anilines is 1. The van der Waals surface area contributed by atoms with Crippen LogP contribution in [0.1, 0.15) is 40.9 Å². The maximum atomic E-state index is 12.5. The van der Waals surface area contributed by atoms with Crippen molar-refractivity contribution in [1.29, 1.82) is 0 Å². The molecule has 1 aliphatic carbocycles. The fourth-order valence-corrected chi connectivity index (χ4v) is 4.22. The first kappa shape index (κ1) is 18.4. The van der Waals surface area contributed by atoms with Crippen LogP contribution >= 0.6 is 0 Å². The maximum absolute atomic E-state index is 12.5. The minimum absolute atomic E-state index is 0.150. The van der Waals surface area contributed by atoms with Crippen molar-refractivity contribution in [3.8, 4) is 5.69 Å². The van der Waals surface area contributed by atoms with Gasteiger partial charge < -0.3 is 15.2 Å². The molecule has 1 aromatic heterocycles.